The quantitative estimate of drug-likeness (QED) is 0.190. The van der Waals surface area contributed by atoms with E-state index in [2.05, 4.69) is 198 Å². The molecule has 53 heavy (non-hydrogen) atoms. The number of thiophene rings is 1. The van der Waals surface area contributed by atoms with Crippen LogP contribution in [0.1, 0.15) is 0 Å². The van der Waals surface area contributed by atoms with Gasteiger partial charge in [-0.3, -0.25) is 0 Å². The molecule has 0 atom stereocenters. The summed E-state index contributed by atoms with van der Waals surface area (Å²) in [5, 5.41) is 13.9. The van der Waals surface area contributed by atoms with Crippen molar-refractivity contribution >= 4 is 86.2 Å². The number of anilines is 2. The van der Waals surface area contributed by atoms with Crippen molar-refractivity contribution in [3.8, 4) is 27.9 Å². The van der Waals surface area contributed by atoms with Crippen LogP contribution in [0.2, 0.25) is 0 Å². The van der Waals surface area contributed by atoms with Gasteiger partial charge >= 0.3 is 0 Å². The highest BCUT2D eigenvalue weighted by molar-refractivity contribution is 7.25. The number of fused-ring (bicyclic) bond motifs is 8. The number of nitrogens with one attached hydrogen (secondary N) is 1. The molecule has 248 valence electrons. The molecule has 0 bridgehead atoms. The van der Waals surface area contributed by atoms with E-state index in [1.165, 1.54) is 91.5 Å². The van der Waals surface area contributed by atoms with E-state index >= 15 is 0 Å². The average molecular weight is 693 g/mol. The minimum atomic E-state index is 1.07. The Hall–Kier alpha value is -6.68. The first-order chi connectivity index (χ1) is 26.2. The molecule has 0 aliphatic rings. The molecule has 2 aromatic heterocycles. The number of nitrogens with zero attached hydrogens (tertiary/aromatic N) is 1. The number of aromatic nitrogens is 1. The van der Waals surface area contributed by atoms with E-state index in [-0.39, 0.29) is 0 Å². The van der Waals surface area contributed by atoms with Crippen molar-refractivity contribution in [2.24, 2.45) is 0 Å². The third-order valence-electron chi connectivity index (χ3n) is 10.7. The van der Waals surface area contributed by atoms with Crippen LogP contribution in [0.4, 0.5) is 11.4 Å². The molecule has 2 heterocycles. The van der Waals surface area contributed by atoms with Gasteiger partial charge < -0.3 is 9.88 Å². The molecule has 0 saturated carbocycles. The molecule has 9 aromatic carbocycles. The van der Waals surface area contributed by atoms with Crippen molar-refractivity contribution in [3.05, 3.63) is 188 Å². The lowest BCUT2D eigenvalue weighted by Crippen LogP contribution is -1.95. The lowest BCUT2D eigenvalue weighted by atomic mass is 9.96. The van der Waals surface area contributed by atoms with Crippen molar-refractivity contribution in [1.82, 2.24) is 4.57 Å². The third-order valence-corrected chi connectivity index (χ3v) is 11.9. The maximum absolute atomic E-state index is 3.76. The average Bonchev–Trinajstić information content (AvgIpc) is 3.74. The van der Waals surface area contributed by atoms with Gasteiger partial charge in [0.2, 0.25) is 0 Å². The zero-order valence-electron chi connectivity index (χ0n) is 28.8. The van der Waals surface area contributed by atoms with Gasteiger partial charge in [0, 0.05) is 53.6 Å². The summed E-state index contributed by atoms with van der Waals surface area (Å²) in [6, 6.07) is 68.7. The molecule has 0 fully saturated rings. The number of hydrogen-bond donors (Lipinski definition) is 1. The van der Waals surface area contributed by atoms with Crippen LogP contribution in [0, 0.1) is 0 Å². The zero-order valence-corrected chi connectivity index (χ0v) is 29.6. The summed E-state index contributed by atoms with van der Waals surface area (Å²) in [6.07, 6.45) is 0. The molecule has 3 heteroatoms. The number of benzene rings is 9. The summed E-state index contributed by atoms with van der Waals surface area (Å²) < 4.78 is 5.09. The standard InChI is InChI=1S/C50H32N2S/c1-2-12-34(13-3-1)42-28-37(20-24-46(42)51-39-22-18-32-10-4-6-14-35(32)26-39)38-21-25-47-43(29-38)44-30-45-41-16-8-9-17-49(41)53-50(45)31-48(44)52(47)40-23-19-33-11-5-7-15-36(33)27-40/h1-31,51H. The molecule has 0 aliphatic heterocycles. The fourth-order valence-corrected chi connectivity index (χ4v) is 9.24. The molecule has 0 aliphatic carbocycles. The first kappa shape index (κ1) is 30.0. The molecule has 11 aromatic rings. The molecule has 2 nitrogen and oxygen atoms in total. The highest BCUT2D eigenvalue weighted by Crippen LogP contribution is 2.43. The Balaban J connectivity index is 1.11. The monoisotopic (exact) mass is 692 g/mol. The van der Waals surface area contributed by atoms with Gasteiger partial charge in [-0.2, -0.15) is 0 Å². The summed E-state index contributed by atoms with van der Waals surface area (Å²) in [5.41, 5.74) is 10.5. The number of rotatable bonds is 5. The van der Waals surface area contributed by atoms with Gasteiger partial charge in [0.15, 0.2) is 0 Å². The van der Waals surface area contributed by atoms with E-state index in [9.17, 15) is 0 Å². The Morgan fingerprint density at radius 3 is 1.91 bits per heavy atom. The van der Waals surface area contributed by atoms with E-state index in [1.807, 2.05) is 11.3 Å². The highest BCUT2D eigenvalue weighted by atomic mass is 32.1. The maximum atomic E-state index is 3.76. The van der Waals surface area contributed by atoms with Crippen LogP contribution in [0.15, 0.2) is 188 Å². The fraction of sp³-hybridized carbons (Fsp3) is 0. The second-order valence-electron chi connectivity index (χ2n) is 13.9. The Morgan fingerprint density at radius 2 is 1.06 bits per heavy atom. The van der Waals surface area contributed by atoms with Gasteiger partial charge in [0.1, 0.15) is 0 Å². The minimum Gasteiger partial charge on any atom is -0.355 e. The molecule has 0 amide bonds. The SMILES string of the molecule is c1ccc(-c2cc(-c3ccc4c(c3)c3cc5c(cc3n4-c3ccc4ccccc4c3)sc3ccccc35)ccc2Nc2ccc3ccccc3c2)cc1. The van der Waals surface area contributed by atoms with E-state index in [4.69, 9.17) is 0 Å². The molecule has 0 saturated heterocycles. The normalized spacial score (nSPS) is 11.8. The van der Waals surface area contributed by atoms with Gasteiger partial charge in [0.25, 0.3) is 0 Å². The van der Waals surface area contributed by atoms with Crippen LogP contribution in [0.5, 0.6) is 0 Å². The largest absolute Gasteiger partial charge is 0.355 e. The molecular weight excluding hydrogens is 661 g/mol. The van der Waals surface area contributed by atoms with Crippen LogP contribution in [-0.2, 0) is 0 Å². The van der Waals surface area contributed by atoms with Gasteiger partial charge in [-0.05, 0) is 105 Å². The first-order valence-corrected chi connectivity index (χ1v) is 18.9. The van der Waals surface area contributed by atoms with Crippen molar-refractivity contribution in [2.45, 2.75) is 0 Å². The van der Waals surface area contributed by atoms with Crippen LogP contribution >= 0.6 is 11.3 Å². The fourth-order valence-electron chi connectivity index (χ4n) is 8.12. The smallest absolute Gasteiger partial charge is 0.0555 e. The van der Waals surface area contributed by atoms with Gasteiger partial charge in [-0.25, -0.2) is 0 Å². The zero-order chi connectivity index (χ0) is 34.9. The van der Waals surface area contributed by atoms with Crippen molar-refractivity contribution in [2.75, 3.05) is 5.32 Å². The lowest BCUT2D eigenvalue weighted by molar-refractivity contribution is 1.19. The summed E-state index contributed by atoms with van der Waals surface area (Å²) in [5.74, 6) is 0. The molecule has 0 spiro atoms. The Labute approximate surface area is 310 Å². The van der Waals surface area contributed by atoms with Gasteiger partial charge in [-0.1, -0.05) is 121 Å². The number of hydrogen-bond acceptors (Lipinski definition) is 2. The topological polar surface area (TPSA) is 17.0 Å². The summed E-state index contributed by atoms with van der Waals surface area (Å²) >= 11 is 1.88. The lowest BCUT2D eigenvalue weighted by Gasteiger charge is -2.15. The van der Waals surface area contributed by atoms with Crippen molar-refractivity contribution in [3.63, 3.8) is 0 Å². The predicted molar refractivity (Wildman–Crippen MR) is 229 cm³/mol. The second kappa shape index (κ2) is 11.9. The summed E-state index contributed by atoms with van der Waals surface area (Å²) in [7, 11) is 0. The van der Waals surface area contributed by atoms with Crippen LogP contribution in [-0.4, -0.2) is 4.57 Å². The van der Waals surface area contributed by atoms with Gasteiger partial charge in [0.05, 0.1) is 11.0 Å². The molecule has 0 unspecified atom stereocenters. The Morgan fingerprint density at radius 1 is 0.377 bits per heavy atom. The second-order valence-corrected chi connectivity index (χ2v) is 15.0. The van der Waals surface area contributed by atoms with E-state index < -0.39 is 0 Å². The Kier molecular flexibility index (Phi) is 6.76. The highest BCUT2D eigenvalue weighted by Gasteiger charge is 2.18. The summed E-state index contributed by atoms with van der Waals surface area (Å²) in [6.45, 7) is 0. The van der Waals surface area contributed by atoms with Crippen molar-refractivity contribution in [1.29, 1.82) is 0 Å². The molecule has 0 radical (unpaired) electrons. The van der Waals surface area contributed by atoms with Crippen LogP contribution in [0.3, 0.4) is 0 Å². The maximum Gasteiger partial charge on any atom is 0.0555 e. The third kappa shape index (κ3) is 5.01. The van der Waals surface area contributed by atoms with Gasteiger partial charge in [-0.15, -0.1) is 11.3 Å². The molecule has 1 N–H and O–H groups in total. The summed E-state index contributed by atoms with van der Waals surface area (Å²) in [4.78, 5) is 0. The molecule has 11 rings (SSSR count). The first-order valence-electron chi connectivity index (χ1n) is 18.1. The molecular formula is C50H32N2S. The van der Waals surface area contributed by atoms with E-state index in [0.717, 1.165) is 11.4 Å². The Bertz CT molecular complexity index is 3200. The minimum absolute atomic E-state index is 1.07. The van der Waals surface area contributed by atoms with E-state index in [0.29, 0.717) is 0 Å². The van der Waals surface area contributed by atoms with Crippen LogP contribution in [0.25, 0.3) is 91.5 Å². The van der Waals surface area contributed by atoms with Crippen molar-refractivity contribution < 1.29 is 0 Å². The van der Waals surface area contributed by atoms with E-state index in [1.54, 1.807) is 0 Å². The predicted octanol–water partition coefficient (Wildman–Crippen LogP) is 14.5. The van der Waals surface area contributed by atoms with Crippen LogP contribution < -0.4 is 5.32 Å².